The predicted molar refractivity (Wildman–Crippen MR) is 58.4 cm³/mol. The number of nitrogens with one attached hydrogen (secondary N) is 1. The van der Waals surface area contributed by atoms with Gasteiger partial charge in [-0.1, -0.05) is 0 Å². The van der Waals surface area contributed by atoms with Gasteiger partial charge < -0.3 is 15.6 Å². The number of hydrogen-bond donors (Lipinski definition) is 2. The minimum atomic E-state index is -0.0102. The molecule has 1 aromatic rings. The molecule has 0 fully saturated rings. The van der Waals surface area contributed by atoms with Crippen molar-refractivity contribution in [2.24, 2.45) is 12.8 Å². The van der Waals surface area contributed by atoms with Crippen molar-refractivity contribution in [1.29, 1.82) is 0 Å². The van der Waals surface area contributed by atoms with Crippen LogP contribution in [0.5, 0.6) is 0 Å². The largest absolute Gasteiger partial charge is 0.380 e. The van der Waals surface area contributed by atoms with Gasteiger partial charge in [0, 0.05) is 31.4 Å². The predicted octanol–water partition coefficient (Wildman–Crippen LogP) is 0.533. The summed E-state index contributed by atoms with van der Waals surface area (Å²) in [4.78, 5) is 11.1. The van der Waals surface area contributed by atoms with E-state index in [0.29, 0.717) is 0 Å². The highest BCUT2D eigenvalue weighted by Crippen LogP contribution is 2.05. The highest BCUT2D eigenvalue weighted by Gasteiger charge is 2.06. The average Bonchev–Trinajstić information content (AvgIpc) is 2.11. The van der Waals surface area contributed by atoms with Crippen molar-refractivity contribution in [2.45, 2.75) is 25.9 Å². The molecule has 2 unspecified atom stereocenters. The number of nitrogens with zero attached hydrogens (tertiary/aromatic N) is 1. The molecule has 0 radical (unpaired) electrons. The van der Waals surface area contributed by atoms with E-state index in [1.807, 2.05) is 13.8 Å². The first-order valence-corrected chi connectivity index (χ1v) is 4.69. The molecule has 14 heavy (non-hydrogen) atoms. The van der Waals surface area contributed by atoms with Crippen LogP contribution in [0.15, 0.2) is 23.1 Å². The van der Waals surface area contributed by atoms with Crippen LogP contribution in [-0.2, 0) is 7.05 Å². The van der Waals surface area contributed by atoms with Crippen molar-refractivity contribution in [3.05, 3.63) is 28.7 Å². The second kappa shape index (κ2) is 4.28. The van der Waals surface area contributed by atoms with Crippen LogP contribution in [0, 0.1) is 0 Å². The first-order chi connectivity index (χ1) is 6.50. The molecule has 1 rings (SSSR count). The molecule has 0 amide bonds. The molecule has 0 aliphatic carbocycles. The third kappa shape index (κ3) is 2.60. The Morgan fingerprint density at radius 3 is 2.57 bits per heavy atom. The number of rotatable bonds is 3. The molecule has 0 spiro atoms. The van der Waals surface area contributed by atoms with Gasteiger partial charge in [0.25, 0.3) is 0 Å². The summed E-state index contributed by atoms with van der Waals surface area (Å²) >= 11 is 0. The fourth-order valence-corrected chi connectivity index (χ4v) is 1.07. The van der Waals surface area contributed by atoms with E-state index in [1.54, 1.807) is 19.3 Å². The molecule has 0 saturated heterocycles. The van der Waals surface area contributed by atoms with Crippen LogP contribution in [0.1, 0.15) is 13.8 Å². The minimum Gasteiger partial charge on any atom is -0.380 e. The van der Waals surface area contributed by atoms with E-state index in [2.05, 4.69) is 5.32 Å². The van der Waals surface area contributed by atoms with Gasteiger partial charge in [0.05, 0.1) is 5.69 Å². The van der Waals surface area contributed by atoms with Crippen molar-refractivity contribution >= 4 is 5.69 Å². The van der Waals surface area contributed by atoms with Crippen molar-refractivity contribution in [2.75, 3.05) is 5.32 Å². The van der Waals surface area contributed by atoms with Crippen molar-refractivity contribution in [3.63, 3.8) is 0 Å². The summed E-state index contributed by atoms with van der Waals surface area (Å²) in [6.07, 6.45) is 1.77. The van der Waals surface area contributed by atoms with E-state index in [4.69, 9.17) is 5.73 Å². The summed E-state index contributed by atoms with van der Waals surface area (Å²) in [7, 11) is 1.73. The van der Waals surface area contributed by atoms with Crippen molar-refractivity contribution in [3.8, 4) is 0 Å². The molecule has 1 heterocycles. The van der Waals surface area contributed by atoms with Gasteiger partial charge in [0.2, 0.25) is 5.56 Å². The lowest BCUT2D eigenvalue weighted by Crippen LogP contribution is -2.35. The van der Waals surface area contributed by atoms with Crippen LogP contribution in [-0.4, -0.2) is 16.7 Å². The van der Waals surface area contributed by atoms with Crippen LogP contribution >= 0.6 is 0 Å². The van der Waals surface area contributed by atoms with Crippen LogP contribution in [0.4, 0.5) is 5.69 Å². The molecular formula is C10H17N3O. The van der Waals surface area contributed by atoms with Crippen LogP contribution in [0.25, 0.3) is 0 Å². The van der Waals surface area contributed by atoms with E-state index in [1.165, 1.54) is 10.6 Å². The van der Waals surface area contributed by atoms with Gasteiger partial charge in [-0.25, -0.2) is 0 Å². The van der Waals surface area contributed by atoms with Crippen molar-refractivity contribution < 1.29 is 0 Å². The smallest absolute Gasteiger partial charge is 0.250 e. The Morgan fingerprint density at radius 2 is 2.07 bits per heavy atom. The molecule has 4 heteroatoms. The second-order valence-corrected chi connectivity index (χ2v) is 3.66. The van der Waals surface area contributed by atoms with E-state index in [-0.39, 0.29) is 17.6 Å². The summed E-state index contributed by atoms with van der Waals surface area (Å²) in [5.74, 6) is 0. The zero-order valence-corrected chi connectivity index (χ0v) is 8.82. The topological polar surface area (TPSA) is 60.0 Å². The third-order valence-electron chi connectivity index (χ3n) is 2.27. The number of hydrogen-bond acceptors (Lipinski definition) is 3. The van der Waals surface area contributed by atoms with Gasteiger partial charge in [-0.3, -0.25) is 4.79 Å². The Balaban J connectivity index is 2.78. The first kappa shape index (κ1) is 10.8. The zero-order chi connectivity index (χ0) is 10.7. The molecular weight excluding hydrogens is 178 g/mol. The Morgan fingerprint density at radius 1 is 1.43 bits per heavy atom. The van der Waals surface area contributed by atoms with Gasteiger partial charge >= 0.3 is 0 Å². The highest BCUT2D eigenvalue weighted by atomic mass is 16.1. The minimum absolute atomic E-state index is 0.0102. The maximum atomic E-state index is 11.1. The molecule has 78 valence electrons. The Labute approximate surface area is 83.7 Å². The van der Waals surface area contributed by atoms with Crippen LogP contribution in [0.2, 0.25) is 0 Å². The summed E-state index contributed by atoms with van der Waals surface area (Å²) < 4.78 is 1.54. The van der Waals surface area contributed by atoms with E-state index >= 15 is 0 Å². The lowest BCUT2D eigenvalue weighted by molar-refractivity contribution is 0.637. The van der Waals surface area contributed by atoms with E-state index in [0.717, 1.165) is 5.69 Å². The lowest BCUT2D eigenvalue weighted by Gasteiger charge is -2.18. The number of aromatic nitrogens is 1. The fourth-order valence-electron chi connectivity index (χ4n) is 1.07. The summed E-state index contributed by atoms with van der Waals surface area (Å²) in [6, 6.07) is 3.57. The first-order valence-electron chi connectivity index (χ1n) is 4.69. The van der Waals surface area contributed by atoms with Gasteiger partial charge in [0.15, 0.2) is 0 Å². The Kier molecular flexibility index (Phi) is 3.30. The summed E-state index contributed by atoms with van der Waals surface area (Å²) in [6.45, 7) is 3.95. The number of anilines is 1. The van der Waals surface area contributed by atoms with E-state index < -0.39 is 0 Å². The molecule has 0 aromatic carbocycles. The Hall–Kier alpha value is -1.29. The molecule has 4 nitrogen and oxygen atoms in total. The maximum Gasteiger partial charge on any atom is 0.250 e. The molecule has 0 aliphatic heterocycles. The fraction of sp³-hybridized carbons (Fsp3) is 0.500. The molecule has 0 saturated carbocycles. The molecule has 1 aromatic heterocycles. The SMILES string of the molecule is CC(N)C(C)Nc1ccc(=O)n(C)c1. The van der Waals surface area contributed by atoms with Gasteiger partial charge in [-0.15, -0.1) is 0 Å². The van der Waals surface area contributed by atoms with Gasteiger partial charge in [-0.2, -0.15) is 0 Å². The second-order valence-electron chi connectivity index (χ2n) is 3.66. The Bertz CT molecular complexity index is 357. The van der Waals surface area contributed by atoms with Gasteiger partial charge in [0.1, 0.15) is 0 Å². The van der Waals surface area contributed by atoms with Crippen LogP contribution < -0.4 is 16.6 Å². The molecule has 2 atom stereocenters. The average molecular weight is 195 g/mol. The maximum absolute atomic E-state index is 11.1. The summed E-state index contributed by atoms with van der Waals surface area (Å²) in [5.41, 5.74) is 6.62. The normalized spacial score (nSPS) is 14.9. The van der Waals surface area contributed by atoms with Crippen LogP contribution in [0.3, 0.4) is 0 Å². The van der Waals surface area contributed by atoms with E-state index in [9.17, 15) is 4.79 Å². The lowest BCUT2D eigenvalue weighted by atomic mass is 10.2. The third-order valence-corrected chi connectivity index (χ3v) is 2.27. The molecule has 0 aliphatic rings. The quantitative estimate of drug-likeness (QED) is 0.739. The summed E-state index contributed by atoms with van der Waals surface area (Å²) in [5, 5.41) is 3.22. The monoisotopic (exact) mass is 195 g/mol. The highest BCUT2D eigenvalue weighted by molar-refractivity contribution is 5.41. The zero-order valence-electron chi connectivity index (χ0n) is 8.82. The number of pyridine rings is 1. The molecule has 3 N–H and O–H groups in total. The number of aryl methyl sites for hydroxylation is 1. The molecule has 0 bridgehead atoms. The van der Waals surface area contributed by atoms with Gasteiger partial charge in [-0.05, 0) is 19.9 Å². The van der Waals surface area contributed by atoms with Crippen molar-refractivity contribution in [1.82, 2.24) is 4.57 Å². The number of nitrogens with two attached hydrogens (primary N) is 1. The standard InChI is InChI=1S/C10H17N3O/c1-7(11)8(2)12-9-4-5-10(14)13(3)6-9/h4-8,12H,11H2,1-3H3.